The van der Waals surface area contributed by atoms with E-state index in [0.29, 0.717) is 24.2 Å². The van der Waals surface area contributed by atoms with E-state index < -0.39 is 0 Å². The SMILES string of the molecule is O=C(Cc1cccs1)Nc1ccccc1NC(=O)CC1CCCN1. The molecule has 1 aromatic heterocycles. The van der Waals surface area contributed by atoms with Crippen molar-refractivity contribution < 1.29 is 9.59 Å². The summed E-state index contributed by atoms with van der Waals surface area (Å²) in [6.07, 6.45) is 2.95. The van der Waals surface area contributed by atoms with Crippen LogP contribution >= 0.6 is 11.3 Å². The number of carbonyl (C=O) groups excluding carboxylic acids is 2. The molecular formula is C18H21N3O2S. The molecule has 3 N–H and O–H groups in total. The Morgan fingerprint density at radius 2 is 1.83 bits per heavy atom. The number of hydrogen-bond donors (Lipinski definition) is 3. The highest BCUT2D eigenvalue weighted by Crippen LogP contribution is 2.22. The first-order valence-electron chi connectivity index (χ1n) is 8.15. The normalized spacial score (nSPS) is 16.8. The van der Waals surface area contributed by atoms with Crippen LogP contribution in [-0.4, -0.2) is 24.4 Å². The van der Waals surface area contributed by atoms with E-state index in [1.807, 2.05) is 29.6 Å². The summed E-state index contributed by atoms with van der Waals surface area (Å²) in [7, 11) is 0. The molecule has 1 atom stereocenters. The highest BCUT2D eigenvalue weighted by molar-refractivity contribution is 7.10. The summed E-state index contributed by atoms with van der Waals surface area (Å²) in [4.78, 5) is 25.4. The predicted molar refractivity (Wildman–Crippen MR) is 97.4 cm³/mol. The second-order valence-electron chi connectivity index (χ2n) is 5.90. The van der Waals surface area contributed by atoms with Gasteiger partial charge in [-0.05, 0) is 43.0 Å². The smallest absolute Gasteiger partial charge is 0.229 e. The van der Waals surface area contributed by atoms with Crippen molar-refractivity contribution in [3.8, 4) is 0 Å². The molecule has 0 spiro atoms. The van der Waals surface area contributed by atoms with Crippen LogP contribution in [-0.2, 0) is 16.0 Å². The van der Waals surface area contributed by atoms with E-state index >= 15 is 0 Å². The number of carbonyl (C=O) groups is 2. The van der Waals surface area contributed by atoms with Crippen molar-refractivity contribution in [3.63, 3.8) is 0 Å². The van der Waals surface area contributed by atoms with Crippen LogP contribution in [0.1, 0.15) is 24.1 Å². The number of hydrogen-bond acceptors (Lipinski definition) is 4. The number of thiophene rings is 1. The van der Waals surface area contributed by atoms with Crippen LogP contribution in [0.25, 0.3) is 0 Å². The van der Waals surface area contributed by atoms with Gasteiger partial charge in [-0.2, -0.15) is 0 Å². The Bertz CT molecular complexity index is 694. The zero-order valence-corrected chi connectivity index (χ0v) is 14.2. The summed E-state index contributed by atoms with van der Waals surface area (Å²) < 4.78 is 0. The number of amides is 2. The highest BCUT2D eigenvalue weighted by atomic mass is 32.1. The first-order chi connectivity index (χ1) is 11.7. The monoisotopic (exact) mass is 343 g/mol. The molecule has 0 saturated carbocycles. The van der Waals surface area contributed by atoms with E-state index in [0.717, 1.165) is 24.3 Å². The van der Waals surface area contributed by atoms with Gasteiger partial charge in [0.15, 0.2) is 0 Å². The minimum atomic E-state index is -0.0865. The Morgan fingerprint density at radius 1 is 1.08 bits per heavy atom. The van der Waals surface area contributed by atoms with Gasteiger partial charge < -0.3 is 16.0 Å². The maximum atomic E-state index is 12.2. The molecule has 0 bridgehead atoms. The lowest BCUT2D eigenvalue weighted by Crippen LogP contribution is -2.27. The van der Waals surface area contributed by atoms with E-state index in [1.54, 1.807) is 23.5 Å². The van der Waals surface area contributed by atoms with Crippen molar-refractivity contribution in [2.75, 3.05) is 17.2 Å². The lowest BCUT2D eigenvalue weighted by Gasteiger charge is -2.14. The molecule has 2 aromatic rings. The van der Waals surface area contributed by atoms with E-state index in [-0.39, 0.29) is 17.9 Å². The fourth-order valence-corrected chi connectivity index (χ4v) is 3.53. The number of para-hydroxylation sites is 2. The molecule has 0 aliphatic carbocycles. The number of rotatable bonds is 6. The number of benzene rings is 1. The summed E-state index contributed by atoms with van der Waals surface area (Å²) in [5.74, 6) is -0.119. The third-order valence-electron chi connectivity index (χ3n) is 3.98. The minimum absolute atomic E-state index is 0.0330. The second-order valence-corrected chi connectivity index (χ2v) is 6.93. The third-order valence-corrected chi connectivity index (χ3v) is 4.86. The zero-order valence-electron chi connectivity index (χ0n) is 13.4. The van der Waals surface area contributed by atoms with Gasteiger partial charge in [0, 0.05) is 17.3 Å². The van der Waals surface area contributed by atoms with Crippen molar-refractivity contribution >= 4 is 34.5 Å². The molecule has 1 aromatic carbocycles. The summed E-state index contributed by atoms with van der Waals surface area (Å²) in [5.41, 5.74) is 1.27. The van der Waals surface area contributed by atoms with Gasteiger partial charge in [-0.25, -0.2) is 0 Å². The number of anilines is 2. The largest absolute Gasteiger partial charge is 0.324 e. The van der Waals surface area contributed by atoms with Crippen LogP contribution in [0.5, 0.6) is 0 Å². The predicted octanol–water partition coefficient (Wildman–Crippen LogP) is 3.01. The molecule has 3 rings (SSSR count). The molecule has 1 aliphatic rings. The van der Waals surface area contributed by atoms with Gasteiger partial charge in [0.05, 0.1) is 17.8 Å². The van der Waals surface area contributed by atoms with Crippen LogP contribution in [0.4, 0.5) is 11.4 Å². The molecule has 1 aliphatic heterocycles. The van der Waals surface area contributed by atoms with Gasteiger partial charge in [0.1, 0.15) is 0 Å². The van der Waals surface area contributed by atoms with Crippen LogP contribution in [0.15, 0.2) is 41.8 Å². The third kappa shape index (κ3) is 4.66. The molecule has 2 amide bonds. The van der Waals surface area contributed by atoms with Gasteiger partial charge in [0.2, 0.25) is 11.8 Å². The average Bonchev–Trinajstić information content (AvgIpc) is 3.23. The highest BCUT2D eigenvalue weighted by Gasteiger charge is 2.18. The fourth-order valence-electron chi connectivity index (χ4n) is 2.82. The summed E-state index contributed by atoms with van der Waals surface area (Å²) >= 11 is 1.56. The first-order valence-corrected chi connectivity index (χ1v) is 9.03. The second kappa shape index (κ2) is 8.08. The lowest BCUT2D eigenvalue weighted by molar-refractivity contribution is -0.117. The zero-order chi connectivity index (χ0) is 16.8. The molecule has 1 saturated heterocycles. The molecule has 1 fully saturated rings. The Hall–Kier alpha value is -2.18. The Morgan fingerprint density at radius 3 is 2.46 bits per heavy atom. The van der Waals surface area contributed by atoms with Crippen LogP contribution in [0.3, 0.4) is 0 Å². The van der Waals surface area contributed by atoms with Gasteiger partial charge in [-0.3, -0.25) is 9.59 Å². The van der Waals surface area contributed by atoms with Crippen LogP contribution in [0, 0.1) is 0 Å². The van der Waals surface area contributed by atoms with Crippen molar-refractivity contribution in [2.24, 2.45) is 0 Å². The summed E-state index contributed by atoms with van der Waals surface area (Å²) in [6.45, 7) is 0.979. The Labute approximate surface area is 145 Å². The standard InChI is InChI=1S/C18H21N3O2S/c22-17(11-13-5-3-9-19-13)20-15-7-1-2-8-16(15)21-18(23)12-14-6-4-10-24-14/h1-2,4,6-8,10,13,19H,3,5,9,11-12H2,(H,20,22)(H,21,23). The Balaban J connectivity index is 1.59. The van der Waals surface area contributed by atoms with Crippen LogP contribution in [0.2, 0.25) is 0 Å². The average molecular weight is 343 g/mol. The molecule has 24 heavy (non-hydrogen) atoms. The number of nitrogens with one attached hydrogen (secondary N) is 3. The lowest BCUT2D eigenvalue weighted by atomic mass is 10.1. The molecule has 0 radical (unpaired) electrons. The Kier molecular flexibility index (Phi) is 5.61. The van der Waals surface area contributed by atoms with E-state index in [2.05, 4.69) is 16.0 Å². The quantitative estimate of drug-likeness (QED) is 0.755. The summed E-state index contributed by atoms with van der Waals surface area (Å²) in [6, 6.07) is 11.4. The molecule has 2 heterocycles. The first kappa shape index (κ1) is 16.7. The molecule has 1 unspecified atom stereocenters. The van der Waals surface area contributed by atoms with Gasteiger partial charge in [-0.15, -0.1) is 11.3 Å². The maximum absolute atomic E-state index is 12.2. The van der Waals surface area contributed by atoms with Gasteiger partial charge >= 0.3 is 0 Å². The van der Waals surface area contributed by atoms with Gasteiger partial charge in [0.25, 0.3) is 0 Å². The molecule has 6 heteroatoms. The molecule has 126 valence electrons. The summed E-state index contributed by atoms with van der Waals surface area (Å²) in [5, 5.41) is 11.1. The maximum Gasteiger partial charge on any atom is 0.229 e. The van der Waals surface area contributed by atoms with E-state index in [1.165, 1.54) is 0 Å². The van der Waals surface area contributed by atoms with E-state index in [9.17, 15) is 9.59 Å². The van der Waals surface area contributed by atoms with Crippen molar-refractivity contribution in [3.05, 3.63) is 46.7 Å². The molecular weight excluding hydrogens is 322 g/mol. The van der Waals surface area contributed by atoms with Crippen molar-refractivity contribution in [1.82, 2.24) is 5.32 Å². The fraction of sp³-hybridized carbons (Fsp3) is 0.333. The van der Waals surface area contributed by atoms with Crippen molar-refractivity contribution in [1.29, 1.82) is 0 Å². The van der Waals surface area contributed by atoms with Crippen LogP contribution < -0.4 is 16.0 Å². The van der Waals surface area contributed by atoms with Crippen molar-refractivity contribution in [2.45, 2.75) is 31.7 Å². The van der Waals surface area contributed by atoms with Gasteiger partial charge in [-0.1, -0.05) is 18.2 Å². The minimum Gasteiger partial charge on any atom is -0.324 e. The topological polar surface area (TPSA) is 70.2 Å². The van der Waals surface area contributed by atoms with E-state index in [4.69, 9.17) is 0 Å². The molecule has 5 nitrogen and oxygen atoms in total.